The van der Waals surface area contributed by atoms with Crippen LogP contribution in [0.1, 0.15) is 0 Å². The molecule has 0 saturated carbocycles. The number of aromatic nitrogens is 2. The van der Waals surface area contributed by atoms with Crippen molar-refractivity contribution in [3.8, 4) is 23.2 Å². The standard InChI is InChI=1S/C16H10BrN3O2/c17-10-5-6-14(22-8-7-18)12(9-10)15-19-13-4-2-1-3-11(13)16(21)20-15/h1-6,9H,8H2,(H,19,20,21). The summed E-state index contributed by atoms with van der Waals surface area (Å²) < 4.78 is 6.23. The van der Waals surface area contributed by atoms with Crippen molar-refractivity contribution in [2.45, 2.75) is 0 Å². The zero-order valence-corrected chi connectivity index (χ0v) is 12.9. The summed E-state index contributed by atoms with van der Waals surface area (Å²) in [6.07, 6.45) is 0. The third-order valence-corrected chi connectivity index (χ3v) is 3.60. The molecule has 3 aromatic rings. The Balaban J connectivity index is 2.21. The fraction of sp³-hybridized carbons (Fsp3) is 0.0625. The van der Waals surface area contributed by atoms with Crippen molar-refractivity contribution in [3.63, 3.8) is 0 Å². The van der Waals surface area contributed by atoms with Crippen LogP contribution >= 0.6 is 15.9 Å². The Morgan fingerprint density at radius 2 is 2.09 bits per heavy atom. The van der Waals surface area contributed by atoms with Crippen LogP contribution in [0, 0.1) is 11.3 Å². The Morgan fingerprint density at radius 3 is 2.91 bits per heavy atom. The lowest BCUT2D eigenvalue weighted by Crippen LogP contribution is -2.10. The molecule has 0 amide bonds. The molecule has 0 unspecified atom stereocenters. The Hall–Kier alpha value is -2.65. The van der Waals surface area contributed by atoms with Crippen molar-refractivity contribution in [1.82, 2.24) is 9.97 Å². The predicted molar refractivity (Wildman–Crippen MR) is 86.6 cm³/mol. The van der Waals surface area contributed by atoms with Crippen molar-refractivity contribution in [2.24, 2.45) is 0 Å². The van der Waals surface area contributed by atoms with Gasteiger partial charge in [-0.3, -0.25) is 4.79 Å². The first-order chi connectivity index (χ1) is 10.7. The summed E-state index contributed by atoms with van der Waals surface area (Å²) in [6.45, 7) is -0.0769. The number of ether oxygens (including phenoxy) is 1. The highest BCUT2D eigenvalue weighted by atomic mass is 79.9. The highest BCUT2D eigenvalue weighted by Crippen LogP contribution is 2.30. The van der Waals surface area contributed by atoms with E-state index in [0.717, 1.165) is 4.47 Å². The van der Waals surface area contributed by atoms with Crippen LogP contribution in [0.5, 0.6) is 5.75 Å². The molecule has 6 heteroatoms. The van der Waals surface area contributed by atoms with Gasteiger partial charge in [0.15, 0.2) is 6.61 Å². The van der Waals surface area contributed by atoms with Crippen LogP contribution in [0.3, 0.4) is 0 Å². The summed E-state index contributed by atoms with van der Waals surface area (Å²) >= 11 is 3.39. The highest BCUT2D eigenvalue weighted by Gasteiger charge is 2.12. The average Bonchev–Trinajstić information content (AvgIpc) is 2.53. The number of hydrogen-bond donors (Lipinski definition) is 1. The van der Waals surface area contributed by atoms with Crippen LogP contribution in [-0.2, 0) is 0 Å². The van der Waals surface area contributed by atoms with E-state index in [1.54, 1.807) is 36.4 Å². The van der Waals surface area contributed by atoms with Gasteiger partial charge in [0.1, 0.15) is 17.6 Å². The molecular formula is C16H10BrN3O2. The van der Waals surface area contributed by atoms with Crippen molar-refractivity contribution in [1.29, 1.82) is 5.26 Å². The van der Waals surface area contributed by atoms with E-state index in [1.165, 1.54) is 0 Å². The number of nitriles is 1. The van der Waals surface area contributed by atoms with Gasteiger partial charge in [-0.15, -0.1) is 0 Å². The maximum atomic E-state index is 12.2. The molecule has 0 atom stereocenters. The minimum Gasteiger partial charge on any atom is -0.478 e. The van der Waals surface area contributed by atoms with Gasteiger partial charge in [0.25, 0.3) is 5.56 Å². The number of fused-ring (bicyclic) bond motifs is 1. The largest absolute Gasteiger partial charge is 0.478 e. The van der Waals surface area contributed by atoms with E-state index in [0.29, 0.717) is 28.0 Å². The Bertz CT molecular complexity index is 944. The normalized spacial score (nSPS) is 10.4. The van der Waals surface area contributed by atoms with E-state index < -0.39 is 0 Å². The maximum Gasteiger partial charge on any atom is 0.259 e. The average molecular weight is 356 g/mol. The number of H-pyrrole nitrogens is 1. The van der Waals surface area contributed by atoms with Crippen molar-refractivity contribution < 1.29 is 4.74 Å². The van der Waals surface area contributed by atoms with E-state index in [9.17, 15) is 4.79 Å². The molecule has 0 fully saturated rings. The third-order valence-electron chi connectivity index (χ3n) is 3.10. The predicted octanol–water partition coefficient (Wildman–Crippen LogP) is 3.25. The Morgan fingerprint density at radius 1 is 1.27 bits per heavy atom. The zero-order chi connectivity index (χ0) is 15.5. The second-order valence-corrected chi connectivity index (χ2v) is 5.43. The van der Waals surface area contributed by atoms with Gasteiger partial charge in [0.05, 0.1) is 16.5 Å². The number of rotatable bonds is 3. The van der Waals surface area contributed by atoms with Gasteiger partial charge in [-0.05, 0) is 30.3 Å². The van der Waals surface area contributed by atoms with Crippen molar-refractivity contribution >= 4 is 26.8 Å². The zero-order valence-electron chi connectivity index (χ0n) is 11.3. The Kier molecular flexibility index (Phi) is 3.90. The Labute approximate surface area is 134 Å². The van der Waals surface area contributed by atoms with Gasteiger partial charge in [-0.1, -0.05) is 28.1 Å². The summed E-state index contributed by atoms with van der Waals surface area (Å²) in [5.41, 5.74) is 1.01. The molecule has 2 aromatic carbocycles. The molecule has 0 saturated heterocycles. The molecule has 0 radical (unpaired) electrons. The van der Waals surface area contributed by atoms with E-state index in [-0.39, 0.29) is 12.2 Å². The molecule has 108 valence electrons. The highest BCUT2D eigenvalue weighted by molar-refractivity contribution is 9.10. The first kappa shape index (κ1) is 14.3. The van der Waals surface area contributed by atoms with Gasteiger partial charge in [-0.25, -0.2) is 4.98 Å². The first-order valence-corrected chi connectivity index (χ1v) is 7.27. The van der Waals surface area contributed by atoms with Crippen LogP contribution in [0.2, 0.25) is 0 Å². The van der Waals surface area contributed by atoms with Gasteiger partial charge in [0, 0.05) is 4.47 Å². The smallest absolute Gasteiger partial charge is 0.259 e. The first-order valence-electron chi connectivity index (χ1n) is 6.48. The summed E-state index contributed by atoms with van der Waals surface area (Å²) in [7, 11) is 0. The lowest BCUT2D eigenvalue weighted by atomic mass is 10.1. The quantitative estimate of drug-likeness (QED) is 0.781. The molecule has 0 aliphatic heterocycles. The minimum atomic E-state index is -0.216. The summed E-state index contributed by atoms with van der Waals surface area (Å²) in [5.74, 6) is 0.890. The van der Waals surface area contributed by atoms with Crippen LogP contribution in [0.15, 0.2) is 51.7 Å². The second kappa shape index (κ2) is 6.00. The van der Waals surface area contributed by atoms with Gasteiger partial charge in [0.2, 0.25) is 0 Å². The molecule has 3 rings (SSSR count). The monoisotopic (exact) mass is 355 g/mol. The molecule has 22 heavy (non-hydrogen) atoms. The number of hydrogen-bond acceptors (Lipinski definition) is 4. The number of nitrogens with zero attached hydrogens (tertiary/aromatic N) is 2. The van der Waals surface area contributed by atoms with E-state index in [2.05, 4.69) is 25.9 Å². The second-order valence-electron chi connectivity index (χ2n) is 4.52. The van der Waals surface area contributed by atoms with Crippen LogP contribution in [0.25, 0.3) is 22.3 Å². The molecular weight excluding hydrogens is 346 g/mol. The third kappa shape index (κ3) is 2.71. The topological polar surface area (TPSA) is 78.8 Å². The number of halogens is 1. The van der Waals surface area contributed by atoms with Crippen LogP contribution < -0.4 is 10.3 Å². The molecule has 5 nitrogen and oxygen atoms in total. The number of aromatic amines is 1. The lowest BCUT2D eigenvalue weighted by Gasteiger charge is -2.10. The van der Waals surface area contributed by atoms with Gasteiger partial charge in [-0.2, -0.15) is 5.26 Å². The summed E-state index contributed by atoms with van der Waals surface area (Å²) in [5, 5.41) is 9.20. The van der Waals surface area contributed by atoms with Crippen LogP contribution in [0.4, 0.5) is 0 Å². The molecule has 1 aromatic heterocycles. The number of para-hydroxylation sites is 1. The van der Waals surface area contributed by atoms with Crippen LogP contribution in [-0.4, -0.2) is 16.6 Å². The van der Waals surface area contributed by atoms with Crippen molar-refractivity contribution in [2.75, 3.05) is 6.61 Å². The fourth-order valence-corrected chi connectivity index (χ4v) is 2.50. The fourth-order valence-electron chi connectivity index (χ4n) is 2.14. The number of nitrogens with one attached hydrogen (secondary N) is 1. The minimum absolute atomic E-state index is 0.0769. The van der Waals surface area contributed by atoms with Gasteiger partial charge < -0.3 is 9.72 Å². The molecule has 1 N–H and O–H groups in total. The summed E-state index contributed by atoms with van der Waals surface area (Å²) in [6, 6.07) is 14.4. The van der Waals surface area contributed by atoms with E-state index in [1.807, 2.05) is 12.1 Å². The molecule has 0 spiro atoms. The van der Waals surface area contributed by atoms with Crippen molar-refractivity contribution in [3.05, 3.63) is 57.3 Å². The van der Waals surface area contributed by atoms with Gasteiger partial charge >= 0.3 is 0 Å². The van der Waals surface area contributed by atoms with E-state index >= 15 is 0 Å². The SMILES string of the molecule is N#CCOc1ccc(Br)cc1-c1nc2ccccc2c(=O)[nH]1. The molecule has 0 aliphatic rings. The summed E-state index contributed by atoms with van der Waals surface area (Å²) in [4.78, 5) is 19.4. The molecule has 0 aliphatic carbocycles. The lowest BCUT2D eigenvalue weighted by molar-refractivity contribution is 0.369. The van der Waals surface area contributed by atoms with E-state index in [4.69, 9.17) is 10.00 Å². The molecule has 1 heterocycles. The molecule has 0 bridgehead atoms. The number of benzene rings is 2. The maximum absolute atomic E-state index is 12.2.